The lowest BCUT2D eigenvalue weighted by Crippen LogP contribution is -2.78. The molecule has 1 N–H and O–H groups in total. The summed E-state index contributed by atoms with van der Waals surface area (Å²) in [5, 5.41) is 11.3. The zero-order valence-electron chi connectivity index (χ0n) is 13.7. The van der Waals surface area contributed by atoms with Crippen molar-refractivity contribution in [1.29, 1.82) is 0 Å². The summed E-state index contributed by atoms with van der Waals surface area (Å²) in [4.78, 5) is 24.7. The second kappa shape index (κ2) is 4.29. The number of cyclic esters (lactones) is 2. The van der Waals surface area contributed by atoms with Crippen LogP contribution in [0.1, 0.15) is 20.3 Å². The Morgan fingerprint density at radius 3 is 2.83 bits per heavy atom. The van der Waals surface area contributed by atoms with Crippen LogP contribution in [0.25, 0.3) is 0 Å². The fourth-order valence-corrected chi connectivity index (χ4v) is 5.98. The maximum absolute atomic E-state index is 13.0. The number of esters is 2. The van der Waals surface area contributed by atoms with Gasteiger partial charge in [-0.1, -0.05) is 6.92 Å². The zero-order valence-corrected chi connectivity index (χ0v) is 13.7. The molecule has 0 aromatic rings. The first-order chi connectivity index (χ1) is 11.4. The summed E-state index contributed by atoms with van der Waals surface area (Å²) in [5.74, 6) is -1.00. The minimum absolute atomic E-state index is 0.0573. The van der Waals surface area contributed by atoms with Gasteiger partial charge in [-0.25, -0.2) is 4.79 Å². The van der Waals surface area contributed by atoms with Crippen molar-refractivity contribution in [2.45, 2.75) is 38.6 Å². The van der Waals surface area contributed by atoms with Crippen molar-refractivity contribution < 1.29 is 28.9 Å². The van der Waals surface area contributed by atoms with Crippen LogP contribution >= 0.6 is 0 Å². The minimum Gasteiger partial charge on any atom is -0.461 e. The molecule has 4 bridgehead atoms. The van der Waals surface area contributed by atoms with Crippen molar-refractivity contribution in [1.82, 2.24) is 0 Å². The molecule has 128 valence electrons. The van der Waals surface area contributed by atoms with Crippen molar-refractivity contribution >= 4 is 11.9 Å². The maximum atomic E-state index is 13.0. The number of aliphatic hydroxyl groups is 1. The highest BCUT2D eigenvalue weighted by molar-refractivity contribution is 5.88. The topological polar surface area (TPSA) is 82.1 Å². The van der Waals surface area contributed by atoms with Gasteiger partial charge >= 0.3 is 11.9 Å². The summed E-state index contributed by atoms with van der Waals surface area (Å²) in [6.07, 6.45) is 2.51. The Morgan fingerprint density at radius 1 is 1.25 bits per heavy atom. The average molecular weight is 332 g/mol. The minimum atomic E-state index is -0.879. The molecule has 6 aliphatic rings. The summed E-state index contributed by atoms with van der Waals surface area (Å²) in [7, 11) is 0. The quantitative estimate of drug-likeness (QED) is 0.520. The number of hydrogen-bond acceptors (Lipinski definition) is 6. The third kappa shape index (κ3) is 1.31. The summed E-state index contributed by atoms with van der Waals surface area (Å²) in [6, 6.07) is 0. The molecule has 7 atom stereocenters. The van der Waals surface area contributed by atoms with Crippen molar-refractivity contribution in [3.8, 4) is 0 Å². The standard InChI is InChI=1S/C18H20O6/c1-8-5-10-6-12(19)23-7-17(10)14(20)13-9(2)24-15(17)18(8)11(13)3-4-22-16(18)21/h3,6,8-9,13-15,20H,4-5,7H2,1-2H3/t8-,9+,13-,14+,15+,17+,18+/m0/s1. The van der Waals surface area contributed by atoms with Gasteiger partial charge in [0.15, 0.2) is 0 Å². The predicted molar refractivity (Wildman–Crippen MR) is 80.6 cm³/mol. The Balaban J connectivity index is 1.81. The normalized spacial score (nSPS) is 51.7. The molecule has 0 aromatic carbocycles. The Hall–Kier alpha value is -1.66. The van der Waals surface area contributed by atoms with Crippen molar-refractivity contribution in [2.75, 3.05) is 13.2 Å². The van der Waals surface area contributed by atoms with E-state index in [0.717, 1.165) is 11.1 Å². The number of carbonyl (C=O) groups excluding carboxylic acids is 2. The van der Waals surface area contributed by atoms with Gasteiger partial charge in [0, 0.05) is 12.0 Å². The molecule has 2 aliphatic carbocycles. The smallest absolute Gasteiger partial charge is 0.330 e. The molecule has 4 aliphatic heterocycles. The monoisotopic (exact) mass is 332 g/mol. The molecular formula is C18H20O6. The van der Waals surface area contributed by atoms with Gasteiger partial charge in [0.2, 0.25) is 0 Å². The highest BCUT2D eigenvalue weighted by atomic mass is 16.6. The third-order valence-corrected chi connectivity index (χ3v) is 6.94. The van der Waals surface area contributed by atoms with Crippen LogP contribution in [-0.4, -0.2) is 48.6 Å². The van der Waals surface area contributed by atoms with E-state index in [-0.39, 0.29) is 43.1 Å². The summed E-state index contributed by atoms with van der Waals surface area (Å²) < 4.78 is 17.0. The van der Waals surface area contributed by atoms with Gasteiger partial charge < -0.3 is 19.3 Å². The van der Waals surface area contributed by atoms with Crippen LogP contribution in [0.2, 0.25) is 0 Å². The van der Waals surface area contributed by atoms with E-state index in [1.165, 1.54) is 6.08 Å². The Kier molecular flexibility index (Phi) is 2.62. The fraction of sp³-hybridized carbons (Fsp3) is 0.667. The summed E-state index contributed by atoms with van der Waals surface area (Å²) >= 11 is 0. The molecule has 0 amide bonds. The molecule has 6 heteroatoms. The molecule has 24 heavy (non-hydrogen) atoms. The Labute approximate surface area is 139 Å². The SMILES string of the molecule is C[C@H]1O[C@@H]2[C@]34COC(=O)C=C3C[C@H](C)[C@]23C(=O)OCC=C3[C@H]1[C@H]4O. The van der Waals surface area contributed by atoms with Crippen LogP contribution in [0.3, 0.4) is 0 Å². The number of fused-ring (bicyclic) bond motifs is 1. The van der Waals surface area contributed by atoms with Gasteiger partial charge in [-0.15, -0.1) is 0 Å². The van der Waals surface area contributed by atoms with E-state index in [0.29, 0.717) is 6.42 Å². The number of hydrogen-bond donors (Lipinski definition) is 1. The molecule has 0 radical (unpaired) electrons. The average Bonchev–Trinajstić information content (AvgIpc) is 2.53. The number of aliphatic hydroxyl groups excluding tert-OH is 1. The largest absolute Gasteiger partial charge is 0.461 e. The van der Waals surface area contributed by atoms with Crippen LogP contribution in [0.5, 0.6) is 0 Å². The lowest BCUT2D eigenvalue weighted by Gasteiger charge is -2.69. The van der Waals surface area contributed by atoms with E-state index in [1.54, 1.807) is 0 Å². The van der Waals surface area contributed by atoms with Crippen LogP contribution in [0.15, 0.2) is 23.3 Å². The molecule has 2 saturated heterocycles. The number of ether oxygens (including phenoxy) is 3. The number of carbonyl (C=O) groups is 2. The first-order valence-electron chi connectivity index (χ1n) is 8.53. The van der Waals surface area contributed by atoms with E-state index >= 15 is 0 Å². The van der Waals surface area contributed by atoms with E-state index in [4.69, 9.17) is 14.2 Å². The van der Waals surface area contributed by atoms with Crippen LogP contribution in [0.4, 0.5) is 0 Å². The van der Waals surface area contributed by atoms with Crippen LogP contribution < -0.4 is 0 Å². The van der Waals surface area contributed by atoms with Gasteiger partial charge in [0.25, 0.3) is 0 Å². The highest BCUT2D eigenvalue weighted by Gasteiger charge is 2.77. The molecule has 2 spiro atoms. The van der Waals surface area contributed by atoms with Gasteiger partial charge in [-0.3, -0.25) is 4.79 Å². The molecule has 2 saturated carbocycles. The fourth-order valence-electron chi connectivity index (χ4n) is 5.98. The highest BCUT2D eigenvalue weighted by Crippen LogP contribution is 2.70. The van der Waals surface area contributed by atoms with Crippen LogP contribution in [-0.2, 0) is 23.8 Å². The van der Waals surface area contributed by atoms with Crippen molar-refractivity contribution in [3.05, 3.63) is 23.3 Å². The molecule has 4 fully saturated rings. The molecule has 0 unspecified atom stereocenters. The number of rotatable bonds is 0. The molecule has 6 rings (SSSR count). The van der Waals surface area contributed by atoms with Crippen molar-refractivity contribution in [2.24, 2.45) is 22.7 Å². The van der Waals surface area contributed by atoms with Gasteiger partial charge in [0.1, 0.15) is 18.6 Å². The summed E-state index contributed by atoms with van der Waals surface area (Å²) in [6.45, 7) is 4.24. The van der Waals surface area contributed by atoms with E-state index in [2.05, 4.69) is 0 Å². The molecule has 0 aromatic heterocycles. The second-order valence-electron chi connectivity index (χ2n) is 7.74. The second-order valence-corrected chi connectivity index (χ2v) is 7.74. The Bertz CT molecular complexity index is 723. The first-order valence-corrected chi connectivity index (χ1v) is 8.53. The lowest BCUT2D eigenvalue weighted by atomic mass is 9.40. The van der Waals surface area contributed by atoms with Gasteiger partial charge in [0.05, 0.1) is 23.7 Å². The maximum Gasteiger partial charge on any atom is 0.330 e. The molecular weight excluding hydrogens is 312 g/mol. The first kappa shape index (κ1) is 14.7. The van der Waals surface area contributed by atoms with E-state index in [9.17, 15) is 14.7 Å². The van der Waals surface area contributed by atoms with Crippen LogP contribution in [0, 0.1) is 22.7 Å². The van der Waals surface area contributed by atoms with E-state index in [1.807, 2.05) is 19.9 Å². The predicted octanol–water partition coefficient (Wildman–Crippen LogP) is 0.743. The van der Waals surface area contributed by atoms with Gasteiger partial charge in [-0.05, 0) is 36.5 Å². The Morgan fingerprint density at radius 2 is 2.04 bits per heavy atom. The lowest BCUT2D eigenvalue weighted by molar-refractivity contribution is -0.290. The van der Waals surface area contributed by atoms with Crippen molar-refractivity contribution in [3.63, 3.8) is 0 Å². The summed E-state index contributed by atoms with van der Waals surface area (Å²) in [5.41, 5.74) is 0.0916. The third-order valence-electron chi connectivity index (χ3n) is 6.94. The zero-order chi connectivity index (χ0) is 16.9. The molecule has 4 heterocycles. The van der Waals surface area contributed by atoms with Gasteiger partial charge in [-0.2, -0.15) is 0 Å². The van der Waals surface area contributed by atoms with E-state index < -0.39 is 23.0 Å². The molecule has 6 nitrogen and oxygen atoms in total.